The minimum atomic E-state index is -0.393. The minimum Gasteiger partial charge on any atom is -0.283 e. The van der Waals surface area contributed by atoms with Gasteiger partial charge in [-0.2, -0.15) is 4.98 Å². The molecule has 0 amide bonds. The Hall–Kier alpha value is -3.35. The van der Waals surface area contributed by atoms with Crippen LogP contribution < -0.4 is 11.2 Å². The lowest BCUT2D eigenvalue weighted by molar-refractivity contribution is 0.651. The molecule has 3 aromatic heterocycles. The van der Waals surface area contributed by atoms with E-state index in [4.69, 9.17) is 0 Å². The molecule has 0 saturated heterocycles. The van der Waals surface area contributed by atoms with E-state index in [1.54, 1.807) is 18.4 Å². The second-order valence-corrected chi connectivity index (χ2v) is 7.52. The fourth-order valence-electron chi connectivity index (χ4n) is 3.60. The van der Waals surface area contributed by atoms with Gasteiger partial charge in [0.05, 0.1) is 6.54 Å². The Labute approximate surface area is 161 Å². The number of benzene rings is 1. The highest BCUT2D eigenvalue weighted by Crippen LogP contribution is 2.22. The largest absolute Gasteiger partial charge is 0.332 e. The highest BCUT2D eigenvalue weighted by molar-refractivity contribution is 5.76. The second kappa shape index (κ2) is 6.09. The summed E-state index contributed by atoms with van der Waals surface area (Å²) in [6.07, 6.45) is 1.89. The van der Waals surface area contributed by atoms with E-state index in [9.17, 15) is 9.59 Å². The van der Waals surface area contributed by atoms with E-state index in [1.807, 2.05) is 23.8 Å². The van der Waals surface area contributed by atoms with Gasteiger partial charge in [0.2, 0.25) is 5.78 Å². The van der Waals surface area contributed by atoms with Gasteiger partial charge >= 0.3 is 5.69 Å². The quantitative estimate of drug-likeness (QED) is 0.516. The van der Waals surface area contributed by atoms with Crippen LogP contribution in [0.25, 0.3) is 22.6 Å². The molecule has 0 atom stereocenters. The van der Waals surface area contributed by atoms with Crippen molar-refractivity contribution >= 4 is 16.9 Å². The Morgan fingerprint density at radius 2 is 1.86 bits per heavy atom. The Bertz CT molecular complexity index is 1390. The third kappa shape index (κ3) is 2.46. The van der Waals surface area contributed by atoms with Gasteiger partial charge in [-0.25, -0.2) is 4.79 Å². The van der Waals surface area contributed by atoms with Gasteiger partial charge in [-0.05, 0) is 51.0 Å². The molecule has 0 radical (unpaired) electrons. The maximum atomic E-state index is 13.1. The van der Waals surface area contributed by atoms with Crippen molar-refractivity contribution in [1.29, 1.82) is 0 Å². The molecule has 7 nitrogen and oxygen atoms in total. The number of hydrogen-bond donors (Lipinski definition) is 0. The lowest BCUT2D eigenvalue weighted by atomic mass is 10.1. The molecule has 0 unspecified atom stereocenters. The molecule has 0 aliphatic heterocycles. The third-order valence-corrected chi connectivity index (χ3v) is 5.20. The molecular weight excluding hydrogens is 354 g/mol. The van der Waals surface area contributed by atoms with Crippen molar-refractivity contribution in [3.8, 4) is 5.69 Å². The van der Waals surface area contributed by atoms with Crippen LogP contribution in [0, 0.1) is 20.8 Å². The number of imidazole rings is 2. The van der Waals surface area contributed by atoms with Gasteiger partial charge in [-0.15, -0.1) is 0 Å². The first kappa shape index (κ1) is 18.0. The second-order valence-electron chi connectivity index (χ2n) is 7.52. The molecule has 7 heteroatoms. The van der Waals surface area contributed by atoms with Crippen molar-refractivity contribution < 1.29 is 0 Å². The zero-order valence-corrected chi connectivity index (χ0v) is 16.8. The van der Waals surface area contributed by atoms with Crippen LogP contribution in [0.1, 0.15) is 23.7 Å². The van der Waals surface area contributed by atoms with E-state index in [2.05, 4.69) is 37.5 Å². The summed E-state index contributed by atoms with van der Waals surface area (Å²) in [5.74, 6) is 0.607. The van der Waals surface area contributed by atoms with E-state index in [1.165, 1.54) is 20.3 Å². The average molecular weight is 377 g/mol. The molecule has 0 bridgehead atoms. The summed E-state index contributed by atoms with van der Waals surface area (Å²) in [6, 6.07) is 6.20. The van der Waals surface area contributed by atoms with E-state index in [-0.39, 0.29) is 12.1 Å². The SMILES string of the molecule is C=C(C)Cn1c(=O)c2c(nc3n(-c4ccc(C)c(C)c4)c(C)cn23)n(C)c1=O. The van der Waals surface area contributed by atoms with Crippen LogP contribution >= 0.6 is 0 Å². The molecule has 144 valence electrons. The number of allylic oxidation sites excluding steroid dienone is 1. The Kier molecular flexibility index (Phi) is 3.92. The zero-order valence-electron chi connectivity index (χ0n) is 16.8. The van der Waals surface area contributed by atoms with E-state index < -0.39 is 5.69 Å². The highest BCUT2D eigenvalue weighted by Gasteiger charge is 2.20. The smallest absolute Gasteiger partial charge is 0.283 e. The fourth-order valence-corrected chi connectivity index (χ4v) is 3.60. The number of rotatable bonds is 3. The normalized spacial score (nSPS) is 11.6. The molecule has 0 saturated carbocycles. The van der Waals surface area contributed by atoms with Crippen molar-refractivity contribution in [2.75, 3.05) is 0 Å². The van der Waals surface area contributed by atoms with Crippen LogP contribution in [-0.4, -0.2) is 23.1 Å². The predicted molar refractivity (Wildman–Crippen MR) is 111 cm³/mol. The van der Waals surface area contributed by atoms with Gasteiger partial charge in [-0.1, -0.05) is 18.2 Å². The Morgan fingerprint density at radius 3 is 2.50 bits per heavy atom. The first-order valence-electron chi connectivity index (χ1n) is 9.12. The number of aryl methyl sites for hydroxylation is 4. The van der Waals surface area contributed by atoms with Gasteiger partial charge in [0, 0.05) is 24.6 Å². The zero-order chi connectivity index (χ0) is 20.3. The molecule has 1 aromatic carbocycles. The summed E-state index contributed by atoms with van der Waals surface area (Å²) in [4.78, 5) is 30.4. The number of fused-ring (bicyclic) bond motifs is 3. The minimum absolute atomic E-state index is 0.186. The maximum absolute atomic E-state index is 13.1. The van der Waals surface area contributed by atoms with Crippen LogP contribution in [0.4, 0.5) is 0 Å². The van der Waals surface area contributed by atoms with Crippen LogP contribution in [0.5, 0.6) is 0 Å². The monoisotopic (exact) mass is 377 g/mol. The predicted octanol–water partition coefficient (Wildman–Crippen LogP) is 2.64. The van der Waals surface area contributed by atoms with Gasteiger partial charge in [0.15, 0.2) is 11.2 Å². The first-order chi connectivity index (χ1) is 13.2. The van der Waals surface area contributed by atoms with Crippen molar-refractivity contribution in [3.05, 3.63) is 74.2 Å². The summed E-state index contributed by atoms with van der Waals surface area (Å²) in [6.45, 7) is 11.9. The molecule has 4 rings (SSSR count). The van der Waals surface area contributed by atoms with Crippen LogP contribution in [0.3, 0.4) is 0 Å². The van der Waals surface area contributed by atoms with Gasteiger partial charge < -0.3 is 0 Å². The summed E-state index contributed by atoms with van der Waals surface area (Å²) >= 11 is 0. The molecule has 0 aliphatic rings. The van der Waals surface area contributed by atoms with Gasteiger partial charge in [0.25, 0.3) is 5.56 Å². The summed E-state index contributed by atoms with van der Waals surface area (Å²) in [5, 5.41) is 0. The summed E-state index contributed by atoms with van der Waals surface area (Å²) < 4.78 is 6.41. The standard InChI is InChI=1S/C21H23N5O2/c1-12(2)10-25-19(27)17-18(23(6)21(25)28)22-20-24(17)11-15(5)26(20)16-8-7-13(3)14(4)9-16/h7-9,11H,1,10H2,2-6H3. The number of hydrogen-bond acceptors (Lipinski definition) is 3. The summed E-state index contributed by atoms with van der Waals surface area (Å²) in [7, 11) is 1.64. The molecule has 28 heavy (non-hydrogen) atoms. The van der Waals surface area contributed by atoms with Crippen molar-refractivity contribution in [2.45, 2.75) is 34.2 Å². The summed E-state index contributed by atoms with van der Waals surface area (Å²) in [5.41, 5.74) is 5.07. The topological polar surface area (TPSA) is 66.2 Å². The molecule has 0 spiro atoms. The molecular formula is C21H23N5O2. The molecule has 0 N–H and O–H groups in total. The van der Waals surface area contributed by atoms with Crippen molar-refractivity contribution in [3.63, 3.8) is 0 Å². The molecule has 3 heterocycles. The number of aromatic nitrogens is 5. The van der Waals surface area contributed by atoms with Crippen LogP contribution in [0.15, 0.2) is 46.1 Å². The van der Waals surface area contributed by atoms with E-state index in [0.717, 1.165) is 17.0 Å². The fraction of sp³-hybridized carbons (Fsp3) is 0.286. The first-order valence-corrected chi connectivity index (χ1v) is 9.12. The molecule has 0 fully saturated rings. The van der Waals surface area contributed by atoms with E-state index in [0.29, 0.717) is 16.9 Å². The van der Waals surface area contributed by atoms with E-state index >= 15 is 0 Å². The maximum Gasteiger partial charge on any atom is 0.332 e. The van der Waals surface area contributed by atoms with Crippen LogP contribution in [-0.2, 0) is 13.6 Å². The third-order valence-electron chi connectivity index (χ3n) is 5.20. The number of nitrogens with zero attached hydrogens (tertiary/aromatic N) is 5. The molecule has 4 aromatic rings. The van der Waals surface area contributed by atoms with Gasteiger partial charge in [0.1, 0.15) is 0 Å². The lowest BCUT2D eigenvalue weighted by Crippen LogP contribution is -2.39. The Balaban J connectivity index is 2.12. The molecule has 0 aliphatic carbocycles. The average Bonchev–Trinajstić information content (AvgIpc) is 3.14. The van der Waals surface area contributed by atoms with Gasteiger partial charge in [-0.3, -0.25) is 22.9 Å². The highest BCUT2D eigenvalue weighted by atomic mass is 16.2. The Morgan fingerprint density at radius 1 is 1.14 bits per heavy atom. The van der Waals surface area contributed by atoms with Crippen molar-refractivity contribution in [1.82, 2.24) is 23.1 Å². The lowest BCUT2D eigenvalue weighted by Gasteiger charge is -2.08. The van der Waals surface area contributed by atoms with Crippen molar-refractivity contribution in [2.24, 2.45) is 7.05 Å². The van der Waals surface area contributed by atoms with Crippen LogP contribution in [0.2, 0.25) is 0 Å².